The van der Waals surface area contributed by atoms with Crippen LogP contribution in [0.3, 0.4) is 0 Å². The minimum absolute atomic E-state index is 0.0311. The average Bonchev–Trinajstić information content (AvgIpc) is 2.90. The Bertz CT molecular complexity index is 771. The highest BCUT2D eigenvalue weighted by molar-refractivity contribution is 5.55. The first-order valence-electron chi connectivity index (χ1n) is 6.58. The number of ether oxygens (including phenoxy) is 2. The number of nitrogens with zero attached hydrogens (tertiary/aromatic N) is 2. The van der Waals surface area contributed by atoms with E-state index in [2.05, 4.69) is 16.3 Å². The van der Waals surface area contributed by atoms with Crippen LogP contribution in [0.4, 0.5) is 0 Å². The fraction of sp³-hybridized carbons (Fsp3) is 0.200. The van der Waals surface area contributed by atoms with E-state index >= 15 is 0 Å². The fourth-order valence-corrected chi connectivity index (χ4v) is 2.56. The van der Waals surface area contributed by atoms with Gasteiger partial charge in [-0.15, -0.1) is 5.10 Å². The zero-order chi connectivity index (χ0) is 15.7. The highest BCUT2D eigenvalue weighted by atomic mass is 16.5. The lowest BCUT2D eigenvalue weighted by Gasteiger charge is -2.24. The van der Waals surface area contributed by atoms with Gasteiger partial charge in [-0.1, -0.05) is 12.1 Å². The second kappa shape index (κ2) is 5.42. The molecule has 3 rings (SSSR count). The summed E-state index contributed by atoms with van der Waals surface area (Å²) in [6, 6.07) is 8.70. The van der Waals surface area contributed by atoms with Crippen LogP contribution in [0.5, 0.6) is 11.6 Å². The van der Waals surface area contributed by atoms with Gasteiger partial charge in [-0.2, -0.15) is 5.26 Å². The van der Waals surface area contributed by atoms with Crippen LogP contribution in [0.2, 0.25) is 0 Å². The van der Waals surface area contributed by atoms with E-state index in [0.29, 0.717) is 18.1 Å². The molecule has 1 atom stereocenters. The molecule has 1 aliphatic heterocycles. The molecule has 7 heteroatoms. The van der Waals surface area contributed by atoms with Crippen molar-refractivity contribution in [2.75, 3.05) is 7.11 Å². The highest BCUT2D eigenvalue weighted by Crippen LogP contribution is 2.43. The van der Waals surface area contributed by atoms with E-state index in [-0.39, 0.29) is 11.6 Å². The number of nitrogens with two attached hydrogens (primary N) is 1. The molecule has 0 unspecified atom stereocenters. The number of benzene rings is 1. The smallest absolute Gasteiger partial charge is 0.244 e. The van der Waals surface area contributed by atoms with Gasteiger partial charge in [-0.3, -0.25) is 5.10 Å². The number of nitrogens with one attached hydrogen (secondary N) is 1. The van der Waals surface area contributed by atoms with Crippen molar-refractivity contribution < 1.29 is 14.6 Å². The van der Waals surface area contributed by atoms with Crippen LogP contribution in [0.1, 0.15) is 22.7 Å². The second-order valence-corrected chi connectivity index (χ2v) is 4.87. The molecule has 1 aromatic heterocycles. The van der Waals surface area contributed by atoms with Gasteiger partial charge in [-0.25, -0.2) is 0 Å². The van der Waals surface area contributed by atoms with Gasteiger partial charge in [-0.05, 0) is 17.7 Å². The van der Waals surface area contributed by atoms with Crippen molar-refractivity contribution >= 4 is 0 Å². The molecule has 4 N–H and O–H groups in total. The van der Waals surface area contributed by atoms with Crippen molar-refractivity contribution in [2.24, 2.45) is 5.73 Å². The van der Waals surface area contributed by atoms with Crippen LogP contribution >= 0.6 is 0 Å². The Morgan fingerprint density at radius 1 is 1.45 bits per heavy atom. The lowest BCUT2D eigenvalue weighted by Crippen LogP contribution is -2.21. The summed E-state index contributed by atoms with van der Waals surface area (Å²) in [6.45, 7) is 0.304. The van der Waals surface area contributed by atoms with E-state index in [4.69, 9.17) is 15.2 Å². The largest absolute Gasteiger partial charge is 0.508 e. The number of hydrogen-bond donors (Lipinski definition) is 3. The first-order chi connectivity index (χ1) is 10.7. The number of phenolic OH excluding ortho intramolecular Hbond substituents is 1. The van der Waals surface area contributed by atoms with E-state index in [1.165, 1.54) is 0 Å². The summed E-state index contributed by atoms with van der Waals surface area (Å²) in [6.07, 6.45) is 0. The van der Waals surface area contributed by atoms with E-state index in [0.717, 1.165) is 16.8 Å². The molecule has 1 aliphatic rings. The third kappa shape index (κ3) is 2.16. The molecule has 0 fully saturated rings. The van der Waals surface area contributed by atoms with Gasteiger partial charge in [0.05, 0.1) is 23.8 Å². The van der Waals surface area contributed by atoms with Crippen LogP contribution < -0.4 is 10.5 Å². The standard InChI is InChI=1S/C15H14N4O3/c1-21-7-11-13-12(8-2-4-9(20)5-3-8)10(6-16)14(17)22-15(13)19-18-11/h2-5,12,20H,7,17H2,1H3,(H,18,19)/t12-/m1/s1. The zero-order valence-corrected chi connectivity index (χ0v) is 11.8. The first kappa shape index (κ1) is 14.0. The van der Waals surface area contributed by atoms with Gasteiger partial charge >= 0.3 is 0 Å². The summed E-state index contributed by atoms with van der Waals surface area (Å²) in [5, 5.41) is 25.9. The Kier molecular flexibility index (Phi) is 3.45. The van der Waals surface area contributed by atoms with Crippen LogP contribution in [0.15, 0.2) is 35.7 Å². The molecule has 0 bridgehead atoms. The van der Waals surface area contributed by atoms with Gasteiger partial charge in [0, 0.05) is 7.11 Å². The summed E-state index contributed by atoms with van der Waals surface area (Å²) >= 11 is 0. The Hall–Kier alpha value is -2.98. The molecule has 2 aromatic rings. The van der Waals surface area contributed by atoms with Gasteiger partial charge in [0.1, 0.15) is 17.4 Å². The monoisotopic (exact) mass is 298 g/mol. The number of methoxy groups -OCH3 is 1. The van der Waals surface area contributed by atoms with Crippen molar-refractivity contribution in [3.05, 3.63) is 52.5 Å². The van der Waals surface area contributed by atoms with Gasteiger partial charge < -0.3 is 20.3 Å². The molecule has 0 spiro atoms. The molecule has 0 radical (unpaired) electrons. The van der Waals surface area contributed by atoms with Crippen LogP contribution in [-0.2, 0) is 11.3 Å². The van der Waals surface area contributed by atoms with Crippen LogP contribution in [0.25, 0.3) is 0 Å². The topological polar surface area (TPSA) is 117 Å². The number of aromatic amines is 1. The molecule has 0 saturated carbocycles. The lowest BCUT2D eigenvalue weighted by molar-refractivity contribution is 0.180. The molecule has 112 valence electrons. The number of aromatic hydroxyl groups is 1. The van der Waals surface area contributed by atoms with Crippen LogP contribution in [-0.4, -0.2) is 22.4 Å². The third-order valence-electron chi connectivity index (χ3n) is 3.53. The molecule has 1 aromatic carbocycles. The quantitative estimate of drug-likeness (QED) is 0.790. The summed E-state index contributed by atoms with van der Waals surface area (Å²) in [5.41, 5.74) is 8.39. The number of hydrogen-bond acceptors (Lipinski definition) is 6. The number of phenols is 1. The summed E-state index contributed by atoms with van der Waals surface area (Å²) in [7, 11) is 1.57. The number of aromatic nitrogens is 2. The summed E-state index contributed by atoms with van der Waals surface area (Å²) in [4.78, 5) is 0. The van der Waals surface area contributed by atoms with E-state index in [1.54, 1.807) is 31.4 Å². The van der Waals surface area contributed by atoms with E-state index < -0.39 is 5.92 Å². The minimum atomic E-state index is -0.418. The fourth-order valence-electron chi connectivity index (χ4n) is 2.56. The Balaban J connectivity index is 2.19. The number of rotatable bonds is 3. The minimum Gasteiger partial charge on any atom is -0.508 e. The maximum atomic E-state index is 9.46. The molecule has 0 amide bonds. The summed E-state index contributed by atoms with van der Waals surface area (Å²) in [5.74, 6) is 0.0965. The number of fused-ring (bicyclic) bond motifs is 1. The molecule has 0 aliphatic carbocycles. The Labute approximate surface area is 126 Å². The SMILES string of the molecule is COCc1[nH]nc2c1[C@H](c1ccc(O)cc1)C(C#N)=C(N)O2. The molecule has 7 nitrogen and oxygen atoms in total. The van der Waals surface area contributed by atoms with Gasteiger partial charge in [0.15, 0.2) is 0 Å². The maximum absolute atomic E-state index is 9.46. The van der Waals surface area contributed by atoms with E-state index in [9.17, 15) is 10.4 Å². The Morgan fingerprint density at radius 2 is 2.18 bits per heavy atom. The average molecular weight is 298 g/mol. The van der Waals surface area contributed by atoms with E-state index in [1.807, 2.05) is 0 Å². The Morgan fingerprint density at radius 3 is 2.82 bits per heavy atom. The number of nitriles is 1. The molecular formula is C15H14N4O3. The maximum Gasteiger partial charge on any atom is 0.244 e. The number of allylic oxidation sites excluding steroid dienone is 1. The van der Waals surface area contributed by atoms with Crippen molar-refractivity contribution in [2.45, 2.75) is 12.5 Å². The third-order valence-corrected chi connectivity index (χ3v) is 3.53. The summed E-state index contributed by atoms with van der Waals surface area (Å²) < 4.78 is 10.6. The lowest BCUT2D eigenvalue weighted by atomic mass is 9.84. The van der Waals surface area contributed by atoms with Gasteiger partial charge in [0.2, 0.25) is 11.8 Å². The predicted molar refractivity (Wildman–Crippen MR) is 76.7 cm³/mol. The van der Waals surface area contributed by atoms with Crippen molar-refractivity contribution in [1.82, 2.24) is 10.2 Å². The first-order valence-corrected chi connectivity index (χ1v) is 6.58. The normalized spacial score (nSPS) is 16.8. The van der Waals surface area contributed by atoms with Crippen molar-refractivity contribution in [3.63, 3.8) is 0 Å². The van der Waals surface area contributed by atoms with Crippen molar-refractivity contribution in [1.29, 1.82) is 5.26 Å². The molecule has 0 saturated heterocycles. The van der Waals surface area contributed by atoms with Crippen molar-refractivity contribution in [3.8, 4) is 17.7 Å². The van der Waals surface area contributed by atoms with Crippen LogP contribution in [0, 0.1) is 11.3 Å². The molecular weight excluding hydrogens is 284 g/mol. The molecule has 22 heavy (non-hydrogen) atoms. The second-order valence-electron chi connectivity index (χ2n) is 4.87. The predicted octanol–water partition coefficient (Wildman–Crippen LogP) is 1.48. The zero-order valence-electron chi connectivity index (χ0n) is 11.8. The highest BCUT2D eigenvalue weighted by Gasteiger charge is 2.35. The van der Waals surface area contributed by atoms with Gasteiger partial charge in [0.25, 0.3) is 0 Å². The molecule has 2 heterocycles. The number of H-pyrrole nitrogens is 1.